The lowest BCUT2D eigenvalue weighted by Crippen LogP contribution is -2.21. The van der Waals surface area contributed by atoms with Crippen molar-refractivity contribution >= 4 is 23.4 Å². The zero-order chi connectivity index (χ0) is 20.3. The Labute approximate surface area is 164 Å². The number of benzene rings is 2. The summed E-state index contributed by atoms with van der Waals surface area (Å²) in [5, 5.41) is 15.5. The number of nitrogens with zero attached hydrogens (tertiary/aromatic N) is 3. The lowest BCUT2D eigenvalue weighted by Gasteiger charge is -2.07. The van der Waals surface area contributed by atoms with E-state index in [2.05, 4.69) is 5.10 Å². The number of halogens is 1. The molecule has 2 aromatic carbocycles. The van der Waals surface area contributed by atoms with E-state index >= 15 is 0 Å². The lowest BCUT2D eigenvalue weighted by molar-refractivity contribution is -0.387. The van der Waals surface area contributed by atoms with E-state index in [1.807, 2.05) is 0 Å². The Morgan fingerprint density at radius 2 is 1.89 bits per heavy atom. The van der Waals surface area contributed by atoms with Crippen LogP contribution in [-0.2, 0) is 0 Å². The summed E-state index contributed by atoms with van der Waals surface area (Å²) >= 11 is 1.19. The molecular weight excluding hydrogens is 385 g/mol. The fraction of sp³-hybridized carbons (Fsp3) is 0.158. The van der Waals surface area contributed by atoms with Crippen LogP contribution >= 0.6 is 11.8 Å². The molecular formula is C19H16FN3O4S. The average Bonchev–Trinajstić information content (AvgIpc) is 2.96. The van der Waals surface area contributed by atoms with E-state index in [1.165, 1.54) is 46.8 Å². The first kappa shape index (κ1) is 19.6. The zero-order valence-corrected chi connectivity index (χ0v) is 15.9. The fourth-order valence-electron chi connectivity index (χ4n) is 2.56. The van der Waals surface area contributed by atoms with Crippen LogP contribution in [0, 0.1) is 29.8 Å². The van der Waals surface area contributed by atoms with Crippen molar-refractivity contribution in [3.8, 4) is 5.75 Å². The van der Waals surface area contributed by atoms with E-state index in [0.717, 1.165) is 0 Å². The summed E-state index contributed by atoms with van der Waals surface area (Å²) in [5.74, 6) is -0.431. The zero-order valence-electron chi connectivity index (χ0n) is 15.1. The predicted octanol–water partition coefficient (Wildman–Crippen LogP) is 4.42. The molecule has 0 amide bonds. The Balaban J connectivity index is 1.79. The minimum atomic E-state index is -0.445. The number of aromatic nitrogens is 2. The number of para-hydroxylation sites is 1. The second kappa shape index (κ2) is 8.22. The number of carbonyl (C=O) groups is 1. The molecule has 0 bridgehead atoms. The molecule has 0 aliphatic rings. The normalized spacial score (nSPS) is 10.7. The molecule has 9 heteroatoms. The van der Waals surface area contributed by atoms with E-state index in [0.29, 0.717) is 26.9 Å². The van der Waals surface area contributed by atoms with Crippen LogP contribution in [0.5, 0.6) is 5.75 Å². The van der Waals surface area contributed by atoms with E-state index in [-0.39, 0.29) is 12.3 Å². The second-order valence-electron chi connectivity index (χ2n) is 5.87. The molecule has 3 aromatic rings. The summed E-state index contributed by atoms with van der Waals surface area (Å²) in [5.41, 5.74) is 1.13. The molecule has 28 heavy (non-hydrogen) atoms. The van der Waals surface area contributed by atoms with Crippen molar-refractivity contribution in [2.75, 3.05) is 6.61 Å². The second-order valence-corrected chi connectivity index (χ2v) is 6.93. The number of hydrogen-bond donors (Lipinski definition) is 0. The maximum Gasteiger partial charge on any atom is 0.285 e. The molecule has 0 aliphatic heterocycles. The van der Waals surface area contributed by atoms with Crippen molar-refractivity contribution in [2.24, 2.45) is 0 Å². The molecule has 0 saturated heterocycles. The Kier molecular flexibility index (Phi) is 5.74. The minimum Gasteiger partial charge on any atom is -0.484 e. The molecule has 1 heterocycles. The first-order valence-electron chi connectivity index (χ1n) is 8.26. The van der Waals surface area contributed by atoms with Gasteiger partial charge in [-0.3, -0.25) is 14.9 Å². The van der Waals surface area contributed by atoms with Gasteiger partial charge in [0.2, 0.25) is 0 Å². The molecule has 0 N–H and O–H groups in total. The van der Waals surface area contributed by atoms with Crippen LogP contribution < -0.4 is 4.74 Å². The largest absolute Gasteiger partial charge is 0.484 e. The average molecular weight is 401 g/mol. The van der Waals surface area contributed by atoms with Gasteiger partial charge in [0.05, 0.1) is 26.1 Å². The third-order valence-corrected chi connectivity index (χ3v) is 5.27. The summed E-state index contributed by atoms with van der Waals surface area (Å²) in [4.78, 5) is 24.4. The van der Waals surface area contributed by atoms with Gasteiger partial charge in [-0.05, 0) is 44.2 Å². The molecule has 1 aromatic heterocycles. The Morgan fingerprint density at radius 3 is 2.57 bits per heavy atom. The molecule has 7 nitrogen and oxygen atoms in total. The van der Waals surface area contributed by atoms with E-state index in [4.69, 9.17) is 4.74 Å². The number of hydrogen-bond acceptors (Lipinski definition) is 6. The third-order valence-electron chi connectivity index (χ3n) is 3.91. The highest BCUT2D eigenvalue weighted by atomic mass is 32.2. The molecule has 0 atom stereocenters. The smallest absolute Gasteiger partial charge is 0.285 e. The van der Waals surface area contributed by atoms with Crippen molar-refractivity contribution in [1.29, 1.82) is 0 Å². The minimum absolute atomic E-state index is 0.00924. The first-order chi connectivity index (χ1) is 13.4. The standard InChI is InChI=1S/C19H16FN3O4S/c1-12-19(28-17-6-4-3-5-16(17)23(25)26)13(2)22(21-12)18(24)11-27-15-9-7-14(20)8-10-15/h3-10H,11H2,1-2H3. The molecule has 0 fully saturated rings. The maximum atomic E-state index is 12.9. The summed E-state index contributed by atoms with van der Waals surface area (Å²) in [6, 6.07) is 11.7. The summed E-state index contributed by atoms with van der Waals surface area (Å²) in [6.07, 6.45) is 0. The molecule has 3 rings (SSSR count). The summed E-state index contributed by atoms with van der Waals surface area (Å²) < 4.78 is 19.5. The molecule has 0 aliphatic carbocycles. The summed E-state index contributed by atoms with van der Waals surface area (Å²) in [6.45, 7) is 3.17. The van der Waals surface area contributed by atoms with Crippen LogP contribution in [0.4, 0.5) is 10.1 Å². The highest BCUT2D eigenvalue weighted by molar-refractivity contribution is 7.99. The van der Waals surface area contributed by atoms with Crippen molar-refractivity contribution < 1.29 is 18.8 Å². The van der Waals surface area contributed by atoms with Crippen molar-refractivity contribution in [1.82, 2.24) is 9.78 Å². The SMILES string of the molecule is Cc1nn(C(=O)COc2ccc(F)cc2)c(C)c1Sc1ccccc1[N+](=O)[O-]. The Morgan fingerprint density at radius 1 is 1.21 bits per heavy atom. The van der Waals surface area contributed by atoms with Crippen molar-refractivity contribution in [3.05, 3.63) is 75.9 Å². The van der Waals surface area contributed by atoms with Gasteiger partial charge in [0, 0.05) is 6.07 Å². The van der Waals surface area contributed by atoms with Crippen LogP contribution in [0.2, 0.25) is 0 Å². The van der Waals surface area contributed by atoms with Crippen LogP contribution in [0.25, 0.3) is 0 Å². The van der Waals surface area contributed by atoms with Crippen LogP contribution in [-0.4, -0.2) is 27.2 Å². The molecule has 0 saturated carbocycles. The van der Waals surface area contributed by atoms with Gasteiger partial charge in [-0.2, -0.15) is 5.10 Å². The number of rotatable bonds is 6. The van der Waals surface area contributed by atoms with Gasteiger partial charge in [-0.25, -0.2) is 9.07 Å². The maximum absolute atomic E-state index is 12.9. The third kappa shape index (κ3) is 4.20. The molecule has 0 radical (unpaired) electrons. The summed E-state index contributed by atoms with van der Waals surface area (Å²) in [7, 11) is 0. The molecule has 0 unspecified atom stereocenters. The Bertz CT molecular complexity index is 1030. The van der Waals surface area contributed by atoms with Crippen LogP contribution in [0.3, 0.4) is 0 Å². The topological polar surface area (TPSA) is 87.3 Å². The van der Waals surface area contributed by atoms with Gasteiger partial charge in [-0.1, -0.05) is 23.9 Å². The molecule has 0 spiro atoms. The highest BCUT2D eigenvalue weighted by Crippen LogP contribution is 2.37. The van der Waals surface area contributed by atoms with E-state index in [9.17, 15) is 19.3 Å². The Hall–Kier alpha value is -3.20. The quantitative estimate of drug-likeness (QED) is 0.449. The van der Waals surface area contributed by atoms with Gasteiger partial charge >= 0.3 is 0 Å². The molecule has 144 valence electrons. The van der Waals surface area contributed by atoms with Gasteiger partial charge < -0.3 is 4.74 Å². The van der Waals surface area contributed by atoms with E-state index in [1.54, 1.807) is 32.0 Å². The fourth-order valence-corrected chi connectivity index (χ4v) is 3.60. The van der Waals surface area contributed by atoms with Gasteiger partial charge in [-0.15, -0.1) is 0 Å². The monoisotopic (exact) mass is 401 g/mol. The predicted molar refractivity (Wildman–Crippen MR) is 101 cm³/mol. The van der Waals surface area contributed by atoms with Crippen LogP contribution in [0.1, 0.15) is 16.2 Å². The van der Waals surface area contributed by atoms with Crippen molar-refractivity contribution in [2.45, 2.75) is 23.6 Å². The van der Waals surface area contributed by atoms with Gasteiger partial charge in [0.15, 0.2) is 6.61 Å². The van der Waals surface area contributed by atoms with Crippen LogP contribution in [0.15, 0.2) is 58.3 Å². The number of ether oxygens (including phenoxy) is 1. The van der Waals surface area contributed by atoms with Crippen molar-refractivity contribution in [3.63, 3.8) is 0 Å². The van der Waals surface area contributed by atoms with Gasteiger partial charge in [0.1, 0.15) is 11.6 Å². The number of carbonyl (C=O) groups excluding carboxylic acids is 1. The van der Waals surface area contributed by atoms with Gasteiger partial charge in [0.25, 0.3) is 11.6 Å². The number of nitro benzene ring substituents is 1. The number of aryl methyl sites for hydroxylation is 1. The van der Waals surface area contributed by atoms with E-state index < -0.39 is 16.6 Å². The first-order valence-corrected chi connectivity index (χ1v) is 9.07. The number of nitro groups is 1. The lowest BCUT2D eigenvalue weighted by atomic mass is 10.3. The highest BCUT2D eigenvalue weighted by Gasteiger charge is 2.21.